The Hall–Kier alpha value is -1.67. The number of halogens is 1. The molecule has 1 N–H and O–H groups in total. The van der Waals surface area contributed by atoms with Crippen molar-refractivity contribution in [1.29, 1.82) is 0 Å². The molecule has 0 atom stereocenters. The summed E-state index contributed by atoms with van der Waals surface area (Å²) in [5.74, 6) is 0.661. The fraction of sp³-hybridized carbons (Fsp3) is 0.167. The van der Waals surface area contributed by atoms with Gasteiger partial charge in [-0.15, -0.1) is 0 Å². The number of fused-ring (bicyclic) bond motifs is 1. The zero-order valence-electron chi connectivity index (χ0n) is 10.6. The Balaban J connectivity index is 1.94. The second kappa shape index (κ2) is 5.76. The molecular weight excluding hydrogens is 340 g/mol. The summed E-state index contributed by atoms with van der Waals surface area (Å²) in [6, 6.07) is 3.91. The molecular formula is C12H11BrN6S. The van der Waals surface area contributed by atoms with Crippen LogP contribution in [0.4, 0.5) is 5.95 Å². The second-order valence-corrected chi connectivity index (χ2v) is 5.60. The van der Waals surface area contributed by atoms with E-state index >= 15 is 0 Å². The highest BCUT2D eigenvalue weighted by atomic mass is 79.9. The molecule has 3 heterocycles. The second-order valence-electron chi connectivity index (χ2n) is 3.98. The first-order valence-electron chi connectivity index (χ1n) is 5.86. The number of nitrogens with one attached hydrogen (secondary N) is 1. The van der Waals surface area contributed by atoms with Crippen LogP contribution in [0.1, 0.15) is 5.56 Å². The maximum absolute atomic E-state index is 4.45. The van der Waals surface area contributed by atoms with E-state index < -0.39 is 0 Å². The largest absolute Gasteiger partial charge is 0.350 e. The van der Waals surface area contributed by atoms with Crippen molar-refractivity contribution in [2.45, 2.75) is 11.7 Å². The van der Waals surface area contributed by atoms with Gasteiger partial charge in [0, 0.05) is 18.9 Å². The molecule has 102 valence electrons. The molecule has 8 heteroatoms. The van der Waals surface area contributed by atoms with Crippen molar-refractivity contribution in [3.05, 3.63) is 40.8 Å². The molecule has 6 nitrogen and oxygen atoms in total. The molecule has 0 aliphatic heterocycles. The van der Waals surface area contributed by atoms with E-state index in [1.165, 1.54) is 11.8 Å². The average Bonchev–Trinajstić information content (AvgIpc) is 2.87. The van der Waals surface area contributed by atoms with Gasteiger partial charge in [-0.25, -0.2) is 4.98 Å². The maximum Gasteiger partial charge on any atom is 0.228 e. The van der Waals surface area contributed by atoms with Crippen LogP contribution in [0.2, 0.25) is 0 Å². The molecule has 0 amide bonds. The highest BCUT2D eigenvalue weighted by molar-refractivity contribution is 9.10. The minimum Gasteiger partial charge on any atom is -0.350 e. The van der Waals surface area contributed by atoms with Crippen LogP contribution in [0.25, 0.3) is 5.65 Å². The monoisotopic (exact) mass is 350 g/mol. The summed E-state index contributed by atoms with van der Waals surface area (Å²) in [5, 5.41) is 8.23. The lowest BCUT2D eigenvalue weighted by Gasteiger charge is -2.08. The highest BCUT2D eigenvalue weighted by Gasteiger charge is 2.11. The third kappa shape index (κ3) is 2.61. The van der Waals surface area contributed by atoms with Crippen LogP contribution in [0, 0.1) is 0 Å². The third-order valence-electron chi connectivity index (χ3n) is 2.66. The lowest BCUT2D eigenvalue weighted by molar-refractivity contribution is 0.830. The summed E-state index contributed by atoms with van der Waals surface area (Å²) in [7, 11) is 0. The minimum atomic E-state index is 0.630. The number of hydrogen-bond donors (Lipinski definition) is 1. The first-order chi connectivity index (χ1) is 9.78. The molecule has 3 aromatic rings. The molecule has 0 unspecified atom stereocenters. The number of aromatic nitrogens is 5. The number of thioether (sulfide) groups is 1. The van der Waals surface area contributed by atoms with Crippen molar-refractivity contribution < 1.29 is 0 Å². The summed E-state index contributed by atoms with van der Waals surface area (Å²) >= 11 is 4.93. The lowest BCUT2D eigenvalue weighted by Crippen LogP contribution is -2.09. The van der Waals surface area contributed by atoms with Crippen molar-refractivity contribution in [1.82, 2.24) is 24.6 Å². The Morgan fingerprint density at radius 3 is 3.00 bits per heavy atom. The van der Waals surface area contributed by atoms with Crippen LogP contribution >= 0.6 is 27.7 Å². The van der Waals surface area contributed by atoms with Crippen LogP contribution in [0.15, 0.2) is 40.4 Å². The Morgan fingerprint density at radius 2 is 2.25 bits per heavy atom. The Morgan fingerprint density at radius 1 is 1.35 bits per heavy atom. The van der Waals surface area contributed by atoms with E-state index in [1.807, 2.05) is 24.6 Å². The Kier molecular flexibility index (Phi) is 3.83. The highest BCUT2D eigenvalue weighted by Crippen LogP contribution is 2.21. The van der Waals surface area contributed by atoms with E-state index in [0.29, 0.717) is 17.6 Å². The van der Waals surface area contributed by atoms with E-state index in [0.717, 1.165) is 15.7 Å². The zero-order valence-corrected chi connectivity index (χ0v) is 13.0. The van der Waals surface area contributed by atoms with Gasteiger partial charge in [0.05, 0.1) is 10.7 Å². The van der Waals surface area contributed by atoms with E-state index in [-0.39, 0.29) is 0 Å². The maximum atomic E-state index is 4.45. The van der Waals surface area contributed by atoms with E-state index in [2.05, 4.69) is 41.3 Å². The molecule has 0 saturated heterocycles. The van der Waals surface area contributed by atoms with Crippen LogP contribution in [-0.2, 0) is 6.54 Å². The van der Waals surface area contributed by atoms with Crippen molar-refractivity contribution in [2.75, 3.05) is 11.6 Å². The van der Waals surface area contributed by atoms with Gasteiger partial charge >= 0.3 is 0 Å². The van der Waals surface area contributed by atoms with Crippen LogP contribution in [0.3, 0.4) is 0 Å². The number of nitrogens with zero attached hydrogens (tertiary/aromatic N) is 5. The fourth-order valence-electron chi connectivity index (χ4n) is 1.72. The van der Waals surface area contributed by atoms with Crippen LogP contribution in [-0.4, -0.2) is 30.8 Å². The molecule has 0 fully saturated rings. The average molecular weight is 351 g/mol. The van der Waals surface area contributed by atoms with Gasteiger partial charge in [0.2, 0.25) is 5.95 Å². The molecule has 0 saturated carbocycles. The normalized spacial score (nSPS) is 10.9. The first kappa shape index (κ1) is 13.3. The predicted octanol–water partition coefficient (Wildman–Crippen LogP) is 2.62. The van der Waals surface area contributed by atoms with Gasteiger partial charge in [0.1, 0.15) is 0 Å². The van der Waals surface area contributed by atoms with Gasteiger partial charge in [0.15, 0.2) is 10.8 Å². The van der Waals surface area contributed by atoms with Crippen molar-refractivity contribution in [2.24, 2.45) is 0 Å². The van der Waals surface area contributed by atoms with Gasteiger partial charge in [0.25, 0.3) is 0 Å². The van der Waals surface area contributed by atoms with Crippen molar-refractivity contribution in [3.8, 4) is 0 Å². The van der Waals surface area contributed by atoms with E-state index in [4.69, 9.17) is 0 Å². The van der Waals surface area contributed by atoms with Crippen molar-refractivity contribution >= 4 is 39.3 Å². The molecule has 20 heavy (non-hydrogen) atoms. The van der Waals surface area contributed by atoms with Crippen LogP contribution < -0.4 is 5.32 Å². The van der Waals surface area contributed by atoms with Gasteiger partial charge in [-0.2, -0.15) is 14.6 Å². The summed E-state index contributed by atoms with van der Waals surface area (Å²) in [5.41, 5.74) is 1.83. The fourth-order valence-corrected chi connectivity index (χ4v) is 2.42. The molecule has 0 spiro atoms. The molecule has 3 rings (SSSR count). The van der Waals surface area contributed by atoms with Crippen LogP contribution in [0.5, 0.6) is 0 Å². The van der Waals surface area contributed by atoms with Gasteiger partial charge < -0.3 is 5.32 Å². The van der Waals surface area contributed by atoms with E-state index in [1.54, 1.807) is 16.9 Å². The number of rotatable bonds is 4. The van der Waals surface area contributed by atoms with Gasteiger partial charge in [-0.1, -0.05) is 17.8 Å². The Bertz CT molecular complexity index is 729. The number of hydrogen-bond acceptors (Lipinski definition) is 6. The summed E-state index contributed by atoms with van der Waals surface area (Å²) < 4.78 is 2.53. The molecule has 0 bridgehead atoms. The van der Waals surface area contributed by atoms with Gasteiger partial charge in [-0.05, 0) is 33.8 Å². The first-order valence-corrected chi connectivity index (χ1v) is 7.88. The zero-order chi connectivity index (χ0) is 13.9. The van der Waals surface area contributed by atoms with Crippen molar-refractivity contribution in [3.63, 3.8) is 0 Å². The standard InChI is InChI=1S/C12H11BrN6S/c1-20-12-17-10-9(13)7-16-19(10)11(18-12)15-6-8-3-2-4-14-5-8/h2-5,7H,6H2,1H3,(H,15,17,18). The lowest BCUT2D eigenvalue weighted by atomic mass is 10.3. The predicted molar refractivity (Wildman–Crippen MR) is 81.8 cm³/mol. The number of anilines is 1. The summed E-state index contributed by atoms with van der Waals surface area (Å²) in [4.78, 5) is 13.0. The number of pyridine rings is 1. The molecule has 0 radical (unpaired) electrons. The molecule has 0 aliphatic rings. The third-order valence-corrected chi connectivity index (χ3v) is 3.77. The molecule has 0 aliphatic carbocycles. The topological polar surface area (TPSA) is 68.0 Å². The SMILES string of the molecule is CSc1nc(NCc2cccnc2)n2ncc(Br)c2n1. The Labute approximate surface area is 128 Å². The smallest absolute Gasteiger partial charge is 0.228 e. The quantitative estimate of drug-likeness (QED) is 0.729. The van der Waals surface area contributed by atoms with Gasteiger partial charge in [-0.3, -0.25) is 4.98 Å². The summed E-state index contributed by atoms with van der Waals surface area (Å²) in [6.45, 7) is 0.630. The van der Waals surface area contributed by atoms with E-state index in [9.17, 15) is 0 Å². The summed E-state index contributed by atoms with van der Waals surface area (Å²) in [6.07, 6.45) is 7.23. The molecule has 0 aromatic carbocycles. The molecule has 3 aromatic heterocycles. The minimum absolute atomic E-state index is 0.630.